The second kappa shape index (κ2) is 6.67. The SMILES string of the molecule is C1=CC2CCCC2C=C1.[Cl][Zr]([Cl])[Cl]. The molecule has 0 spiro atoms. The van der Waals surface area contributed by atoms with Crippen LogP contribution in [-0.4, -0.2) is 0 Å². The summed E-state index contributed by atoms with van der Waals surface area (Å²) in [5.41, 5.74) is 0. The van der Waals surface area contributed by atoms with Gasteiger partial charge in [0.1, 0.15) is 0 Å². The third-order valence-corrected chi connectivity index (χ3v) is 2.45. The average molecular weight is 318 g/mol. The molecule has 0 bridgehead atoms. The van der Waals surface area contributed by atoms with Gasteiger partial charge in [0.05, 0.1) is 0 Å². The van der Waals surface area contributed by atoms with Crippen molar-refractivity contribution in [2.45, 2.75) is 19.3 Å². The van der Waals surface area contributed by atoms with Crippen molar-refractivity contribution in [3.05, 3.63) is 24.3 Å². The normalized spacial score (nSPS) is 29.2. The van der Waals surface area contributed by atoms with Gasteiger partial charge in [-0.25, -0.2) is 0 Å². The van der Waals surface area contributed by atoms with Crippen molar-refractivity contribution in [3.8, 4) is 0 Å². The number of fused-ring (bicyclic) bond motifs is 1. The fourth-order valence-electron chi connectivity index (χ4n) is 1.91. The minimum absolute atomic E-state index is 0.898. The maximum absolute atomic E-state index is 5.00. The molecule has 0 nitrogen and oxygen atoms in total. The molecule has 13 heavy (non-hydrogen) atoms. The van der Waals surface area contributed by atoms with Crippen molar-refractivity contribution in [2.75, 3.05) is 0 Å². The Hall–Kier alpha value is 1.23. The Morgan fingerprint density at radius 1 is 0.923 bits per heavy atom. The van der Waals surface area contributed by atoms with E-state index in [0.29, 0.717) is 0 Å². The molecule has 1 fully saturated rings. The van der Waals surface area contributed by atoms with Crippen LogP contribution in [0, 0.1) is 11.8 Å². The van der Waals surface area contributed by atoms with Gasteiger partial charge < -0.3 is 0 Å². The molecule has 1 saturated carbocycles. The summed E-state index contributed by atoms with van der Waals surface area (Å²) in [7, 11) is 15.0. The molecule has 0 radical (unpaired) electrons. The van der Waals surface area contributed by atoms with Gasteiger partial charge in [0, 0.05) is 0 Å². The van der Waals surface area contributed by atoms with E-state index in [9.17, 15) is 0 Å². The molecule has 73 valence electrons. The average Bonchev–Trinajstić information content (AvgIpc) is 2.49. The topological polar surface area (TPSA) is 0 Å². The second-order valence-electron chi connectivity index (χ2n) is 3.24. The van der Waals surface area contributed by atoms with Gasteiger partial charge in [-0.05, 0) is 24.7 Å². The summed E-state index contributed by atoms with van der Waals surface area (Å²) in [6.45, 7) is 0. The third kappa shape index (κ3) is 5.02. The van der Waals surface area contributed by atoms with Crippen LogP contribution in [0.2, 0.25) is 0 Å². The van der Waals surface area contributed by atoms with Crippen molar-refractivity contribution >= 4 is 25.5 Å². The Kier molecular flexibility index (Phi) is 6.31. The van der Waals surface area contributed by atoms with Gasteiger partial charge in [0.15, 0.2) is 0 Å². The molecule has 2 aliphatic rings. The quantitative estimate of drug-likeness (QED) is 0.613. The monoisotopic (exact) mass is 315 g/mol. The molecule has 0 saturated heterocycles. The maximum atomic E-state index is 5.00. The van der Waals surface area contributed by atoms with Crippen LogP contribution in [0.4, 0.5) is 0 Å². The van der Waals surface area contributed by atoms with Gasteiger partial charge in [0.25, 0.3) is 0 Å². The zero-order chi connectivity index (χ0) is 9.68. The van der Waals surface area contributed by atoms with Crippen molar-refractivity contribution in [2.24, 2.45) is 11.8 Å². The zero-order valence-electron chi connectivity index (χ0n) is 7.22. The molecule has 0 aromatic carbocycles. The molecule has 0 aliphatic heterocycles. The predicted octanol–water partition coefficient (Wildman–Crippen LogP) is 4.59. The van der Waals surface area contributed by atoms with E-state index in [0.717, 1.165) is 11.8 Å². The number of halogens is 3. The Balaban J connectivity index is 0.000000184. The van der Waals surface area contributed by atoms with Crippen LogP contribution >= 0.6 is 25.5 Å². The van der Waals surface area contributed by atoms with E-state index >= 15 is 0 Å². The summed E-state index contributed by atoms with van der Waals surface area (Å²) in [5, 5.41) is 0. The number of hydrogen-bond donors (Lipinski definition) is 0. The first-order valence-corrected chi connectivity index (χ1v) is 13.9. The molecule has 2 atom stereocenters. The van der Waals surface area contributed by atoms with Gasteiger partial charge in [-0.15, -0.1) is 0 Å². The number of rotatable bonds is 0. The Morgan fingerprint density at radius 2 is 1.31 bits per heavy atom. The van der Waals surface area contributed by atoms with E-state index in [1.807, 2.05) is 0 Å². The molecular weight excluding hydrogens is 306 g/mol. The van der Waals surface area contributed by atoms with E-state index in [4.69, 9.17) is 25.5 Å². The zero-order valence-corrected chi connectivity index (χ0v) is 11.9. The standard InChI is InChI=1S/C9H12.3ClH.Zr/c1-2-5-9-7-3-6-8(9)4-1;;;;/h1-2,4-5,8-9H,3,6-7H2;3*1H;/q;;;;+3/p-3. The van der Waals surface area contributed by atoms with E-state index in [1.165, 1.54) is 19.3 Å². The summed E-state index contributed by atoms with van der Waals surface area (Å²) < 4.78 is 0. The van der Waals surface area contributed by atoms with Crippen LogP contribution in [0.3, 0.4) is 0 Å². The summed E-state index contributed by atoms with van der Waals surface area (Å²) >= 11 is -2.13. The van der Waals surface area contributed by atoms with Gasteiger partial charge in [-0.2, -0.15) is 0 Å². The molecule has 2 unspecified atom stereocenters. The molecule has 0 aromatic heterocycles. The first-order chi connectivity index (χ1) is 6.20. The van der Waals surface area contributed by atoms with Crippen LogP contribution < -0.4 is 0 Å². The molecular formula is C9H12Cl3Zr. The van der Waals surface area contributed by atoms with E-state index in [1.54, 1.807) is 0 Å². The third-order valence-electron chi connectivity index (χ3n) is 2.45. The molecule has 2 aliphatic carbocycles. The minimum atomic E-state index is -2.13. The first-order valence-electron chi connectivity index (χ1n) is 4.38. The second-order valence-corrected chi connectivity index (χ2v) is 14.4. The van der Waals surface area contributed by atoms with E-state index in [2.05, 4.69) is 24.3 Å². The van der Waals surface area contributed by atoms with Crippen LogP contribution in [0.25, 0.3) is 0 Å². The summed E-state index contributed by atoms with van der Waals surface area (Å²) in [4.78, 5) is 0. The number of allylic oxidation sites excluding steroid dienone is 4. The van der Waals surface area contributed by atoms with Crippen molar-refractivity contribution in [1.29, 1.82) is 0 Å². The fraction of sp³-hybridized carbons (Fsp3) is 0.556. The van der Waals surface area contributed by atoms with Crippen molar-refractivity contribution in [1.82, 2.24) is 0 Å². The molecule has 4 heteroatoms. The Bertz CT molecular complexity index is 180. The molecule has 0 N–H and O–H groups in total. The van der Waals surface area contributed by atoms with Crippen LogP contribution in [0.5, 0.6) is 0 Å². The van der Waals surface area contributed by atoms with Crippen LogP contribution in [0.1, 0.15) is 19.3 Å². The van der Waals surface area contributed by atoms with Crippen LogP contribution in [0.15, 0.2) is 24.3 Å². The Labute approximate surface area is 98.3 Å². The molecule has 2 rings (SSSR count). The first kappa shape index (κ1) is 12.3. The molecule has 0 heterocycles. The Morgan fingerprint density at radius 3 is 1.69 bits per heavy atom. The number of hydrogen-bond acceptors (Lipinski definition) is 0. The summed E-state index contributed by atoms with van der Waals surface area (Å²) in [6, 6.07) is 0. The fourth-order valence-corrected chi connectivity index (χ4v) is 1.91. The van der Waals surface area contributed by atoms with E-state index in [-0.39, 0.29) is 0 Å². The van der Waals surface area contributed by atoms with Gasteiger partial charge >= 0.3 is 43.7 Å². The summed E-state index contributed by atoms with van der Waals surface area (Å²) in [5.74, 6) is 1.80. The van der Waals surface area contributed by atoms with Gasteiger partial charge in [-0.1, -0.05) is 30.7 Å². The van der Waals surface area contributed by atoms with Gasteiger partial charge in [0.2, 0.25) is 0 Å². The molecule has 0 amide bonds. The predicted molar refractivity (Wildman–Crippen MR) is 56.7 cm³/mol. The van der Waals surface area contributed by atoms with E-state index < -0.39 is 18.2 Å². The van der Waals surface area contributed by atoms with Gasteiger partial charge in [-0.3, -0.25) is 0 Å². The van der Waals surface area contributed by atoms with Crippen LogP contribution in [-0.2, 0) is 18.2 Å². The molecule has 0 aromatic rings. The van der Waals surface area contributed by atoms with Crippen molar-refractivity contribution < 1.29 is 18.2 Å². The summed E-state index contributed by atoms with van der Waals surface area (Å²) in [6.07, 6.45) is 13.4. The van der Waals surface area contributed by atoms with Crippen molar-refractivity contribution in [3.63, 3.8) is 0 Å².